The van der Waals surface area contributed by atoms with E-state index in [0.717, 1.165) is 52.8 Å². The molecule has 2 aromatic heterocycles. The molecule has 5 heterocycles. The molecule has 32 heavy (non-hydrogen) atoms. The van der Waals surface area contributed by atoms with Crippen molar-refractivity contribution in [1.29, 1.82) is 0 Å². The van der Waals surface area contributed by atoms with Crippen LogP contribution in [0, 0.1) is 11.8 Å². The van der Waals surface area contributed by atoms with Crippen molar-refractivity contribution in [3.8, 4) is 5.75 Å². The fraction of sp³-hybridized carbons (Fsp3) is 0.385. The summed E-state index contributed by atoms with van der Waals surface area (Å²) in [5.74, 6) is 1.89. The quantitative estimate of drug-likeness (QED) is 0.453. The van der Waals surface area contributed by atoms with E-state index in [1.807, 2.05) is 42.9 Å². The number of pyridine rings is 2. The summed E-state index contributed by atoms with van der Waals surface area (Å²) < 4.78 is 6.34. The number of aliphatic hydroxyl groups is 1. The van der Waals surface area contributed by atoms with Crippen LogP contribution >= 0.6 is 0 Å². The Balaban J connectivity index is 0.00000245. The van der Waals surface area contributed by atoms with E-state index in [-0.39, 0.29) is 18.4 Å². The van der Waals surface area contributed by atoms with Crippen molar-refractivity contribution in [3.63, 3.8) is 0 Å². The largest absolute Gasteiger partial charge is 1.00 e. The van der Waals surface area contributed by atoms with Crippen LogP contribution in [0.5, 0.6) is 5.75 Å². The maximum atomic E-state index is 11.8. The predicted molar refractivity (Wildman–Crippen MR) is 121 cm³/mol. The van der Waals surface area contributed by atoms with Crippen molar-refractivity contribution in [2.75, 3.05) is 20.2 Å². The fourth-order valence-corrected chi connectivity index (χ4v) is 5.97. The Morgan fingerprint density at radius 1 is 1.22 bits per heavy atom. The van der Waals surface area contributed by atoms with Gasteiger partial charge in [0.15, 0.2) is 0 Å². The second-order valence-electron chi connectivity index (χ2n) is 9.12. The highest BCUT2D eigenvalue weighted by Gasteiger charge is 2.53. The van der Waals surface area contributed by atoms with E-state index in [1.165, 1.54) is 12.0 Å². The molecule has 3 unspecified atom stereocenters. The highest BCUT2D eigenvalue weighted by atomic mass is 35.5. The molecular weight excluding hydrogens is 422 g/mol. The summed E-state index contributed by atoms with van der Waals surface area (Å²) in [6.45, 7) is 7.16. The van der Waals surface area contributed by atoms with Crippen LogP contribution in [0.15, 0.2) is 67.6 Å². The van der Waals surface area contributed by atoms with Gasteiger partial charge in [0.05, 0.1) is 25.7 Å². The highest BCUT2D eigenvalue weighted by Crippen LogP contribution is 2.48. The number of hydrogen-bond acceptors (Lipinski definition) is 4. The molecular formula is C26H30ClN3O2. The van der Waals surface area contributed by atoms with Gasteiger partial charge in [-0.1, -0.05) is 6.08 Å². The van der Waals surface area contributed by atoms with Gasteiger partial charge in [0.2, 0.25) is 0 Å². The Labute approximate surface area is 195 Å². The first-order valence-electron chi connectivity index (χ1n) is 11.1. The van der Waals surface area contributed by atoms with Crippen molar-refractivity contribution in [1.82, 2.24) is 9.97 Å². The van der Waals surface area contributed by atoms with Crippen LogP contribution in [0.25, 0.3) is 10.9 Å². The number of benzene rings is 1. The normalized spacial score (nSPS) is 27.5. The van der Waals surface area contributed by atoms with Crippen LogP contribution in [0.4, 0.5) is 0 Å². The average Bonchev–Trinajstić information content (AvgIpc) is 2.83. The van der Waals surface area contributed by atoms with E-state index >= 15 is 0 Å². The van der Waals surface area contributed by atoms with Gasteiger partial charge in [-0.15, -0.1) is 6.58 Å². The lowest BCUT2D eigenvalue weighted by Crippen LogP contribution is -3.00. The molecule has 3 aliphatic heterocycles. The first-order valence-corrected chi connectivity index (χ1v) is 11.1. The molecule has 1 N–H and O–H groups in total. The van der Waals surface area contributed by atoms with Gasteiger partial charge >= 0.3 is 0 Å². The topological polar surface area (TPSA) is 55.2 Å². The summed E-state index contributed by atoms with van der Waals surface area (Å²) >= 11 is 0. The third-order valence-electron chi connectivity index (χ3n) is 7.59. The number of rotatable bonds is 6. The van der Waals surface area contributed by atoms with Crippen LogP contribution < -0.4 is 17.1 Å². The summed E-state index contributed by atoms with van der Waals surface area (Å²) in [5, 5.41) is 12.8. The van der Waals surface area contributed by atoms with E-state index < -0.39 is 6.10 Å². The molecule has 6 heteroatoms. The van der Waals surface area contributed by atoms with Crippen LogP contribution in [0.1, 0.15) is 30.1 Å². The fourth-order valence-electron chi connectivity index (χ4n) is 5.97. The molecule has 1 aromatic carbocycles. The number of aliphatic hydroxyl groups excluding tert-OH is 1. The van der Waals surface area contributed by atoms with Crippen molar-refractivity contribution in [2.24, 2.45) is 11.8 Å². The molecule has 0 spiro atoms. The van der Waals surface area contributed by atoms with E-state index in [9.17, 15) is 5.11 Å². The number of halogens is 1. The van der Waals surface area contributed by atoms with Gasteiger partial charge in [0.25, 0.3) is 0 Å². The third kappa shape index (κ3) is 3.90. The zero-order valence-electron chi connectivity index (χ0n) is 18.4. The third-order valence-corrected chi connectivity index (χ3v) is 7.59. The highest BCUT2D eigenvalue weighted by molar-refractivity contribution is 5.83. The smallest absolute Gasteiger partial charge is 0.131 e. The van der Waals surface area contributed by atoms with Crippen LogP contribution in [0.3, 0.4) is 0 Å². The SMILES string of the molecule is C=CC1C[N+]2(Cc3ccncc3)CCC1C[C@H]2[C@H](O)c1ccnc2ccc(OC)cc12.[Cl-]. The zero-order valence-corrected chi connectivity index (χ0v) is 19.2. The predicted octanol–water partition coefficient (Wildman–Crippen LogP) is 1.29. The van der Waals surface area contributed by atoms with Crippen LogP contribution in [-0.4, -0.2) is 45.8 Å². The molecule has 0 aliphatic carbocycles. The van der Waals surface area contributed by atoms with Crippen molar-refractivity contribution < 1.29 is 26.7 Å². The molecule has 3 fully saturated rings. The number of methoxy groups -OCH3 is 1. The molecule has 168 valence electrons. The maximum absolute atomic E-state index is 11.8. The Hall–Kier alpha value is -2.47. The van der Waals surface area contributed by atoms with Crippen LogP contribution in [-0.2, 0) is 6.54 Å². The summed E-state index contributed by atoms with van der Waals surface area (Å²) in [7, 11) is 1.67. The molecule has 2 bridgehead atoms. The Morgan fingerprint density at radius 2 is 2.03 bits per heavy atom. The lowest BCUT2D eigenvalue weighted by molar-refractivity contribution is -0.984. The molecule has 5 nitrogen and oxygen atoms in total. The first kappa shape index (κ1) is 22.7. The number of aromatic nitrogens is 2. The molecule has 3 saturated heterocycles. The molecule has 0 saturated carbocycles. The standard InChI is InChI=1S/C26H30N3O2.ClH/c1-3-19-17-29(16-18-6-10-27-11-7-18)13-9-20(19)14-25(29)26(30)22-8-12-28-24-5-4-21(31-2)15-23(22)24;/h3-8,10-12,15,19-20,25-26,30H,1,9,13-14,16-17H2,2H3;1H/q+1;/p-1/t19?,20?,25-,26+,29?;/m0./s1. The van der Waals surface area contributed by atoms with Gasteiger partial charge in [-0.25, -0.2) is 0 Å². The summed E-state index contributed by atoms with van der Waals surface area (Å²) in [5.41, 5.74) is 3.11. The molecule has 5 atom stereocenters. The molecule has 0 radical (unpaired) electrons. The van der Waals surface area contributed by atoms with E-state index in [4.69, 9.17) is 4.74 Å². The second-order valence-corrected chi connectivity index (χ2v) is 9.12. The minimum atomic E-state index is -0.562. The summed E-state index contributed by atoms with van der Waals surface area (Å²) in [4.78, 5) is 8.70. The van der Waals surface area contributed by atoms with Gasteiger partial charge < -0.3 is 26.7 Å². The Bertz CT molecular complexity index is 1090. The number of hydrogen-bond donors (Lipinski definition) is 1. The number of piperidine rings is 3. The van der Waals surface area contributed by atoms with Gasteiger partial charge in [-0.3, -0.25) is 9.97 Å². The summed E-state index contributed by atoms with van der Waals surface area (Å²) in [6.07, 6.45) is 9.31. The lowest BCUT2D eigenvalue weighted by Gasteiger charge is -2.58. The van der Waals surface area contributed by atoms with Crippen LogP contribution in [0.2, 0.25) is 0 Å². The monoisotopic (exact) mass is 451 g/mol. The van der Waals surface area contributed by atoms with E-state index in [1.54, 1.807) is 7.11 Å². The van der Waals surface area contributed by atoms with Gasteiger partial charge in [0.1, 0.15) is 24.4 Å². The number of quaternary nitrogens is 1. The van der Waals surface area contributed by atoms with Crippen molar-refractivity contribution in [3.05, 3.63) is 78.8 Å². The average molecular weight is 452 g/mol. The number of fused-ring (bicyclic) bond motifs is 4. The maximum Gasteiger partial charge on any atom is 0.131 e. The van der Waals surface area contributed by atoms with E-state index in [0.29, 0.717) is 11.8 Å². The zero-order chi connectivity index (χ0) is 21.4. The molecule has 3 aliphatic rings. The van der Waals surface area contributed by atoms with Crippen molar-refractivity contribution in [2.45, 2.75) is 31.5 Å². The summed E-state index contributed by atoms with van der Waals surface area (Å²) in [6, 6.07) is 12.2. The van der Waals surface area contributed by atoms with E-state index in [2.05, 4.69) is 34.8 Å². The Kier molecular flexibility index (Phi) is 6.52. The second kappa shape index (κ2) is 9.18. The first-order chi connectivity index (χ1) is 15.1. The molecule has 0 amide bonds. The lowest BCUT2D eigenvalue weighted by atomic mass is 9.71. The number of ether oxygens (including phenoxy) is 1. The van der Waals surface area contributed by atoms with Crippen molar-refractivity contribution >= 4 is 10.9 Å². The number of nitrogens with zero attached hydrogens (tertiary/aromatic N) is 3. The molecule has 6 rings (SSSR count). The molecule has 3 aromatic rings. The minimum Gasteiger partial charge on any atom is -1.00 e. The van der Waals surface area contributed by atoms with Gasteiger partial charge in [-0.05, 0) is 47.9 Å². The van der Waals surface area contributed by atoms with Gasteiger partial charge in [0, 0.05) is 48.3 Å². The minimum absolute atomic E-state index is 0. The van der Waals surface area contributed by atoms with Gasteiger partial charge in [-0.2, -0.15) is 0 Å². The Morgan fingerprint density at radius 3 is 2.78 bits per heavy atom.